The molecule has 3 nitrogen and oxygen atoms in total. The smallest absolute Gasteiger partial charge is 0.255 e. The number of carbonyl (C=O) groups excluding carboxylic acids is 1. The van der Waals surface area contributed by atoms with Crippen molar-refractivity contribution in [1.29, 1.82) is 0 Å². The van der Waals surface area contributed by atoms with E-state index in [9.17, 15) is 9.18 Å². The minimum Gasteiger partial charge on any atom is -0.322 e. The van der Waals surface area contributed by atoms with Gasteiger partial charge >= 0.3 is 0 Å². The topological polar surface area (TPSA) is 41.1 Å². The highest BCUT2D eigenvalue weighted by Crippen LogP contribution is 2.24. The van der Waals surface area contributed by atoms with E-state index in [4.69, 9.17) is 11.6 Å². The average Bonchev–Trinajstić information content (AvgIpc) is 2.50. The maximum atomic E-state index is 13.4. The zero-order chi connectivity index (χ0) is 14.8. The summed E-state index contributed by atoms with van der Waals surface area (Å²) in [7, 11) is 0. The first kappa shape index (κ1) is 14.0. The van der Waals surface area contributed by atoms with Gasteiger partial charge in [0, 0.05) is 17.8 Å². The van der Waals surface area contributed by atoms with Crippen molar-refractivity contribution < 1.29 is 9.18 Å². The van der Waals surface area contributed by atoms with Crippen LogP contribution in [0, 0.1) is 5.82 Å². The van der Waals surface area contributed by atoms with E-state index in [1.54, 1.807) is 0 Å². The van der Waals surface area contributed by atoms with Crippen LogP contribution in [-0.2, 0) is 13.0 Å². The lowest BCUT2D eigenvalue weighted by Gasteiger charge is -2.20. The molecular weight excluding hydrogens is 291 g/mol. The molecule has 0 saturated heterocycles. The van der Waals surface area contributed by atoms with Gasteiger partial charge in [-0.2, -0.15) is 0 Å². The number of benzene rings is 2. The Bertz CT molecular complexity index is 703. The molecule has 0 fully saturated rings. The van der Waals surface area contributed by atoms with Crippen LogP contribution in [0.5, 0.6) is 0 Å². The molecule has 2 aromatic rings. The summed E-state index contributed by atoms with van der Waals surface area (Å²) in [4.78, 5) is 12.2. The molecule has 2 N–H and O–H groups in total. The fourth-order valence-electron chi connectivity index (χ4n) is 2.46. The van der Waals surface area contributed by atoms with Crippen LogP contribution in [0.15, 0.2) is 36.4 Å². The standard InChI is InChI=1S/C16H14ClFN2O/c17-13-5-4-11(8-14(13)18)16(21)20-15-3-1-2-10-6-7-19-9-12(10)15/h1-5,8,19H,6-7,9H2,(H,20,21). The summed E-state index contributed by atoms with van der Waals surface area (Å²) in [6.45, 7) is 1.66. The average molecular weight is 305 g/mol. The number of rotatable bonds is 2. The Balaban J connectivity index is 1.86. The van der Waals surface area contributed by atoms with Crippen molar-refractivity contribution in [1.82, 2.24) is 5.32 Å². The highest BCUT2D eigenvalue weighted by Gasteiger charge is 2.15. The first-order chi connectivity index (χ1) is 10.1. The van der Waals surface area contributed by atoms with Gasteiger partial charge in [0.25, 0.3) is 5.91 Å². The molecule has 0 bridgehead atoms. The maximum Gasteiger partial charge on any atom is 0.255 e. The summed E-state index contributed by atoms with van der Waals surface area (Å²) in [6.07, 6.45) is 0.939. The second kappa shape index (κ2) is 5.84. The molecule has 5 heteroatoms. The van der Waals surface area contributed by atoms with Gasteiger partial charge in [-0.15, -0.1) is 0 Å². The molecule has 2 aromatic carbocycles. The molecule has 1 amide bonds. The van der Waals surface area contributed by atoms with E-state index in [-0.39, 0.29) is 16.5 Å². The zero-order valence-electron chi connectivity index (χ0n) is 11.2. The van der Waals surface area contributed by atoms with E-state index in [0.717, 1.165) is 36.8 Å². The van der Waals surface area contributed by atoms with E-state index in [2.05, 4.69) is 16.7 Å². The van der Waals surface area contributed by atoms with Crippen molar-refractivity contribution >= 4 is 23.2 Å². The largest absolute Gasteiger partial charge is 0.322 e. The van der Waals surface area contributed by atoms with Crippen LogP contribution in [0.1, 0.15) is 21.5 Å². The second-order valence-electron chi connectivity index (χ2n) is 4.95. The van der Waals surface area contributed by atoms with Crippen LogP contribution in [0.2, 0.25) is 5.02 Å². The molecule has 0 aromatic heterocycles. The van der Waals surface area contributed by atoms with Crippen LogP contribution in [0.4, 0.5) is 10.1 Å². The molecule has 3 rings (SSSR count). The van der Waals surface area contributed by atoms with Crippen LogP contribution in [-0.4, -0.2) is 12.5 Å². The molecule has 0 radical (unpaired) electrons. The van der Waals surface area contributed by atoms with Gasteiger partial charge in [-0.3, -0.25) is 4.79 Å². The number of halogens is 2. The van der Waals surface area contributed by atoms with Gasteiger partial charge in [0.2, 0.25) is 0 Å². The fourth-order valence-corrected chi connectivity index (χ4v) is 2.58. The molecule has 0 saturated carbocycles. The summed E-state index contributed by atoms with van der Waals surface area (Å²) in [5.74, 6) is -0.939. The van der Waals surface area contributed by atoms with Gasteiger partial charge in [-0.05, 0) is 48.4 Å². The highest BCUT2D eigenvalue weighted by molar-refractivity contribution is 6.30. The molecule has 0 spiro atoms. The lowest BCUT2D eigenvalue weighted by molar-refractivity contribution is 0.102. The molecular formula is C16H14ClFN2O. The Kier molecular flexibility index (Phi) is 3.90. The first-order valence-corrected chi connectivity index (χ1v) is 7.11. The number of carbonyl (C=O) groups is 1. The zero-order valence-corrected chi connectivity index (χ0v) is 12.0. The molecule has 0 aliphatic carbocycles. The highest BCUT2D eigenvalue weighted by atomic mass is 35.5. The van der Waals surface area contributed by atoms with Crippen LogP contribution < -0.4 is 10.6 Å². The quantitative estimate of drug-likeness (QED) is 0.893. The summed E-state index contributed by atoms with van der Waals surface area (Å²) >= 11 is 5.63. The molecule has 108 valence electrons. The molecule has 0 atom stereocenters. The fraction of sp³-hybridized carbons (Fsp3) is 0.188. The first-order valence-electron chi connectivity index (χ1n) is 6.73. The van der Waals surface area contributed by atoms with E-state index in [1.165, 1.54) is 17.7 Å². The van der Waals surface area contributed by atoms with Gasteiger partial charge in [0.1, 0.15) is 5.82 Å². The lowest BCUT2D eigenvalue weighted by atomic mass is 9.99. The summed E-state index contributed by atoms with van der Waals surface area (Å²) in [5, 5.41) is 6.13. The summed E-state index contributed by atoms with van der Waals surface area (Å²) in [5.41, 5.74) is 3.33. The number of nitrogens with one attached hydrogen (secondary N) is 2. The molecule has 1 heterocycles. The lowest BCUT2D eigenvalue weighted by Crippen LogP contribution is -2.25. The van der Waals surface area contributed by atoms with Crippen molar-refractivity contribution in [2.75, 3.05) is 11.9 Å². The third-order valence-electron chi connectivity index (χ3n) is 3.58. The normalized spacial score (nSPS) is 13.6. The predicted octanol–water partition coefficient (Wildman–Crippen LogP) is 3.38. The number of hydrogen-bond acceptors (Lipinski definition) is 2. The van der Waals surface area contributed by atoms with E-state index in [1.807, 2.05) is 12.1 Å². The molecule has 0 unspecified atom stereocenters. The predicted molar refractivity (Wildman–Crippen MR) is 81.2 cm³/mol. The Morgan fingerprint density at radius 2 is 2.14 bits per heavy atom. The SMILES string of the molecule is O=C(Nc1cccc2c1CNCC2)c1ccc(Cl)c(F)c1. The molecule has 1 aliphatic rings. The third kappa shape index (κ3) is 2.91. The third-order valence-corrected chi connectivity index (χ3v) is 3.88. The van der Waals surface area contributed by atoms with Crippen molar-refractivity contribution in [3.05, 3.63) is 63.9 Å². The van der Waals surface area contributed by atoms with Crippen molar-refractivity contribution in [3.8, 4) is 0 Å². The van der Waals surface area contributed by atoms with E-state index < -0.39 is 5.82 Å². The second-order valence-corrected chi connectivity index (χ2v) is 5.36. The number of hydrogen-bond donors (Lipinski definition) is 2. The Hall–Kier alpha value is -1.91. The van der Waals surface area contributed by atoms with Crippen molar-refractivity contribution in [2.24, 2.45) is 0 Å². The minimum absolute atomic E-state index is 0.00726. The Labute approximate surface area is 127 Å². The van der Waals surface area contributed by atoms with Gasteiger partial charge in [-0.25, -0.2) is 4.39 Å². The van der Waals surface area contributed by atoms with E-state index in [0.29, 0.717) is 0 Å². The van der Waals surface area contributed by atoms with Gasteiger partial charge in [-0.1, -0.05) is 23.7 Å². The Morgan fingerprint density at radius 1 is 1.29 bits per heavy atom. The van der Waals surface area contributed by atoms with Crippen LogP contribution in [0.25, 0.3) is 0 Å². The molecule has 1 aliphatic heterocycles. The summed E-state index contributed by atoms with van der Waals surface area (Å²) in [6, 6.07) is 9.87. The maximum absolute atomic E-state index is 13.4. The van der Waals surface area contributed by atoms with Gasteiger partial charge in [0.05, 0.1) is 5.02 Å². The molecule has 21 heavy (non-hydrogen) atoms. The monoisotopic (exact) mass is 304 g/mol. The Morgan fingerprint density at radius 3 is 2.95 bits per heavy atom. The van der Waals surface area contributed by atoms with Crippen molar-refractivity contribution in [3.63, 3.8) is 0 Å². The van der Waals surface area contributed by atoms with Crippen LogP contribution >= 0.6 is 11.6 Å². The number of fused-ring (bicyclic) bond motifs is 1. The van der Waals surface area contributed by atoms with Crippen molar-refractivity contribution in [2.45, 2.75) is 13.0 Å². The number of anilines is 1. The summed E-state index contributed by atoms with van der Waals surface area (Å²) < 4.78 is 13.4. The van der Waals surface area contributed by atoms with Gasteiger partial charge < -0.3 is 10.6 Å². The van der Waals surface area contributed by atoms with E-state index >= 15 is 0 Å². The minimum atomic E-state index is -0.596. The van der Waals surface area contributed by atoms with Gasteiger partial charge in [0.15, 0.2) is 0 Å². The van der Waals surface area contributed by atoms with Crippen LogP contribution in [0.3, 0.4) is 0 Å². The number of amides is 1.